The maximum atomic E-state index is 8.76. The lowest BCUT2D eigenvalue weighted by Crippen LogP contribution is -2.11. The van der Waals surface area contributed by atoms with Gasteiger partial charge in [-0.25, -0.2) is 0 Å². The monoisotopic (exact) mass is 265 g/mol. The lowest BCUT2D eigenvalue weighted by atomic mass is 10.0. The summed E-state index contributed by atoms with van der Waals surface area (Å²) in [6.07, 6.45) is 4.77. The third-order valence-corrected chi connectivity index (χ3v) is 3.37. The number of hydrogen-bond donors (Lipinski definition) is 0. The van der Waals surface area contributed by atoms with Gasteiger partial charge in [0.25, 0.3) is 0 Å². The Morgan fingerprint density at radius 3 is 2.72 bits per heavy atom. The minimum absolute atomic E-state index is 0.513. The summed E-state index contributed by atoms with van der Waals surface area (Å²) in [7, 11) is 0. The Morgan fingerprint density at radius 1 is 1.39 bits per heavy atom. The van der Waals surface area contributed by atoms with E-state index >= 15 is 0 Å². The highest BCUT2D eigenvalue weighted by atomic mass is 35.5. The largest absolute Gasteiger partial charge is 0.492 e. The van der Waals surface area contributed by atoms with Crippen LogP contribution in [0, 0.1) is 17.2 Å². The van der Waals surface area contributed by atoms with Crippen LogP contribution in [0.2, 0.25) is 5.02 Å². The minimum Gasteiger partial charge on any atom is -0.492 e. The van der Waals surface area contributed by atoms with Gasteiger partial charge in [-0.2, -0.15) is 5.26 Å². The molecule has 3 heteroatoms. The van der Waals surface area contributed by atoms with Gasteiger partial charge in [-0.15, -0.1) is 0 Å². The summed E-state index contributed by atoms with van der Waals surface area (Å²) in [5.74, 6) is 1.25. The molecule has 1 atom stereocenters. The highest BCUT2D eigenvalue weighted by Crippen LogP contribution is 2.26. The third kappa shape index (κ3) is 4.58. The first-order valence-electron chi connectivity index (χ1n) is 6.53. The molecule has 0 saturated carbocycles. The van der Waals surface area contributed by atoms with Gasteiger partial charge in [0.15, 0.2) is 0 Å². The molecule has 2 nitrogen and oxygen atoms in total. The van der Waals surface area contributed by atoms with Crippen LogP contribution in [0.15, 0.2) is 18.2 Å². The van der Waals surface area contributed by atoms with Gasteiger partial charge < -0.3 is 4.74 Å². The Morgan fingerprint density at radius 2 is 2.17 bits per heavy atom. The minimum atomic E-state index is 0.513. The molecule has 18 heavy (non-hydrogen) atoms. The van der Waals surface area contributed by atoms with Crippen molar-refractivity contribution in [1.82, 2.24) is 0 Å². The highest BCUT2D eigenvalue weighted by Gasteiger charge is 2.09. The molecule has 0 aliphatic rings. The van der Waals surface area contributed by atoms with E-state index in [4.69, 9.17) is 21.6 Å². The van der Waals surface area contributed by atoms with Gasteiger partial charge in [0.1, 0.15) is 5.75 Å². The van der Waals surface area contributed by atoms with Gasteiger partial charge in [-0.3, -0.25) is 0 Å². The molecule has 0 spiro atoms. The van der Waals surface area contributed by atoms with Gasteiger partial charge in [0.05, 0.1) is 23.3 Å². The first-order chi connectivity index (χ1) is 8.71. The standard InChI is InChI=1S/C15H20ClNO/c1-3-5-6-12(4-2)11-18-15-8-7-13(10-17)9-14(15)16/h7-9,12H,3-6,11H2,1-2H3. The van der Waals surface area contributed by atoms with Crippen molar-refractivity contribution in [2.75, 3.05) is 6.61 Å². The van der Waals surface area contributed by atoms with Gasteiger partial charge in [0.2, 0.25) is 0 Å². The van der Waals surface area contributed by atoms with E-state index in [2.05, 4.69) is 19.9 Å². The molecule has 1 rings (SSSR count). The predicted molar refractivity (Wildman–Crippen MR) is 75.0 cm³/mol. The van der Waals surface area contributed by atoms with Gasteiger partial charge in [0, 0.05) is 0 Å². The van der Waals surface area contributed by atoms with Crippen molar-refractivity contribution in [2.24, 2.45) is 5.92 Å². The SMILES string of the molecule is CCCCC(CC)COc1ccc(C#N)cc1Cl. The Balaban J connectivity index is 2.54. The van der Waals surface area contributed by atoms with E-state index in [0.717, 1.165) is 6.42 Å². The molecule has 1 aromatic rings. The second-order valence-corrected chi connectivity index (χ2v) is 4.89. The quantitative estimate of drug-likeness (QED) is 0.709. The molecule has 1 aromatic carbocycles. The first-order valence-corrected chi connectivity index (χ1v) is 6.91. The van der Waals surface area contributed by atoms with E-state index in [9.17, 15) is 0 Å². The Labute approximate surface area is 115 Å². The average Bonchev–Trinajstić information content (AvgIpc) is 2.40. The van der Waals surface area contributed by atoms with Crippen molar-refractivity contribution < 1.29 is 4.74 Å². The van der Waals surface area contributed by atoms with Crippen LogP contribution < -0.4 is 4.74 Å². The molecule has 0 radical (unpaired) electrons. The van der Waals surface area contributed by atoms with E-state index in [0.29, 0.717) is 28.9 Å². The van der Waals surface area contributed by atoms with Crippen LogP contribution in [-0.4, -0.2) is 6.61 Å². The summed E-state index contributed by atoms with van der Waals surface area (Å²) in [5.41, 5.74) is 0.561. The number of nitrogens with zero attached hydrogens (tertiary/aromatic N) is 1. The number of benzene rings is 1. The first kappa shape index (κ1) is 14.9. The van der Waals surface area contributed by atoms with E-state index in [1.165, 1.54) is 19.3 Å². The zero-order valence-corrected chi connectivity index (χ0v) is 11.8. The second-order valence-electron chi connectivity index (χ2n) is 4.48. The number of ether oxygens (including phenoxy) is 1. The van der Waals surface area contributed by atoms with E-state index < -0.39 is 0 Å². The number of halogens is 1. The maximum absolute atomic E-state index is 8.76. The summed E-state index contributed by atoms with van der Waals surface area (Å²) >= 11 is 6.06. The molecular formula is C15H20ClNO. The zero-order chi connectivity index (χ0) is 13.4. The van der Waals surface area contributed by atoms with Crippen molar-refractivity contribution in [1.29, 1.82) is 5.26 Å². The fourth-order valence-electron chi connectivity index (χ4n) is 1.79. The molecule has 0 N–H and O–H groups in total. The van der Waals surface area contributed by atoms with Crippen molar-refractivity contribution in [2.45, 2.75) is 39.5 Å². The number of nitriles is 1. The molecule has 98 valence electrons. The van der Waals surface area contributed by atoms with Gasteiger partial charge >= 0.3 is 0 Å². The fourth-order valence-corrected chi connectivity index (χ4v) is 2.03. The summed E-state index contributed by atoms with van der Waals surface area (Å²) in [4.78, 5) is 0. The highest BCUT2D eigenvalue weighted by molar-refractivity contribution is 6.32. The molecule has 0 bridgehead atoms. The van der Waals surface area contributed by atoms with Crippen LogP contribution in [-0.2, 0) is 0 Å². The molecule has 0 saturated heterocycles. The molecule has 1 unspecified atom stereocenters. The van der Waals surface area contributed by atoms with Crippen LogP contribution in [0.5, 0.6) is 5.75 Å². The Kier molecular flexibility index (Phi) is 6.60. The third-order valence-electron chi connectivity index (χ3n) is 3.08. The van der Waals surface area contributed by atoms with E-state index in [1.807, 2.05) is 0 Å². The van der Waals surface area contributed by atoms with Gasteiger partial charge in [-0.05, 0) is 30.5 Å². The maximum Gasteiger partial charge on any atom is 0.137 e. The lowest BCUT2D eigenvalue weighted by molar-refractivity contribution is 0.233. The van der Waals surface area contributed by atoms with Crippen molar-refractivity contribution in [3.05, 3.63) is 28.8 Å². The number of unbranched alkanes of at least 4 members (excludes halogenated alkanes) is 1. The molecule has 0 heterocycles. The second kappa shape index (κ2) is 8.00. The molecular weight excluding hydrogens is 246 g/mol. The Bertz CT molecular complexity index is 411. The van der Waals surface area contributed by atoms with Crippen LogP contribution >= 0.6 is 11.6 Å². The smallest absolute Gasteiger partial charge is 0.137 e. The lowest BCUT2D eigenvalue weighted by Gasteiger charge is -2.16. The topological polar surface area (TPSA) is 33.0 Å². The number of hydrogen-bond acceptors (Lipinski definition) is 2. The van der Waals surface area contributed by atoms with Crippen molar-refractivity contribution >= 4 is 11.6 Å². The van der Waals surface area contributed by atoms with Crippen LogP contribution in [0.1, 0.15) is 45.1 Å². The molecule has 0 aliphatic carbocycles. The van der Waals surface area contributed by atoms with Crippen LogP contribution in [0.3, 0.4) is 0 Å². The molecule has 0 amide bonds. The molecule has 0 aliphatic heterocycles. The normalized spacial score (nSPS) is 11.9. The predicted octanol–water partition coefficient (Wildman–Crippen LogP) is 4.81. The Hall–Kier alpha value is -1.20. The van der Waals surface area contributed by atoms with Crippen LogP contribution in [0.4, 0.5) is 0 Å². The zero-order valence-electron chi connectivity index (χ0n) is 11.1. The average molecular weight is 266 g/mol. The van der Waals surface area contributed by atoms with E-state index in [-0.39, 0.29) is 0 Å². The van der Waals surface area contributed by atoms with Crippen LogP contribution in [0.25, 0.3) is 0 Å². The fraction of sp³-hybridized carbons (Fsp3) is 0.533. The summed E-state index contributed by atoms with van der Waals surface area (Å²) < 4.78 is 5.75. The summed E-state index contributed by atoms with van der Waals surface area (Å²) in [6.45, 7) is 5.08. The van der Waals surface area contributed by atoms with E-state index in [1.54, 1.807) is 18.2 Å². The number of rotatable bonds is 7. The molecule has 0 aromatic heterocycles. The molecule has 0 fully saturated rings. The van der Waals surface area contributed by atoms with Crippen molar-refractivity contribution in [3.8, 4) is 11.8 Å². The van der Waals surface area contributed by atoms with Gasteiger partial charge in [-0.1, -0.05) is 44.7 Å². The van der Waals surface area contributed by atoms with Crippen molar-refractivity contribution in [3.63, 3.8) is 0 Å². The summed E-state index contributed by atoms with van der Waals surface area (Å²) in [6, 6.07) is 7.20. The summed E-state index contributed by atoms with van der Waals surface area (Å²) in [5, 5.41) is 9.27.